The predicted octanol–water partition coefficient (Wildman–Crippen LogP) is 2.56. The summed E-state index contributed by atoms with van der Waals surface area (Å²) >= 11 is 0. The highest BCUT2D eigenvalue weighted by Gasteiger charge is 2.26. The van der Waals surface area contributed by atoms with E-state index in [0.717, 1.165) is 30.4 Å². The van der Waals surface area contributed by atoms with Crippen molar-refractivity contribution in [1.29, 1.82) is 0 Å². The molecule has 1 rings (SSSR count). The van der Waals surface area contributed by atoms with E-state index >= 15 is 0 Å². The Morgan fingerprint density at radius 2 is 2.12 bits per heavy atom. The van der Waals surface area contributed by atoms with Gasteiger partial charge >= 0.3 is 0 Å². The van der Waals surface area contributed by atoms with Gasteiger partial charge in [-0.3, -0.25) is 4.21 Å². The van der Waals surface area contributed by atoms with E-state index in [2.05, 4.69) is 26.1 Å². The fraction of sp³-hybridized carbons (Fsp3) is 1.00. The highest BCUT2D eigenvalue weighted by molar-refractivity contribution is 7.84. The average Bonchev–Trinajstić information content (AvgIpc) is 2.62. The molecule has 1 N–H and O–H groups in total. The molecule has 1 saturated carbocycles. The minimum absolute atomic E-state index is 0.564. The highest BCUT2D eigenvalue weighted by atomic mass is 32.2. The molecule has 0 aromatic heterocycles. The Labute approximate surface area is 103 Å². The SMILES string of the molecule is CCNC1CCCC1CCS(=O)CC(C)C. The van der Waals surface area contributed by atoms with Crippen LogP contribution in [-0.2, 0) is 10.8 Å². The van der Waals surface area contributed by atoms with E-state index in [-0.39, 0.29) is 0 Å². The van der Waals surface area contributed by atoms with Gasteiger partial charge in [0, 0.05) is 28.3 Å². The Balaban J connectivity index is 2.23. The van der Waals surface area contributed by atoms with Crippen molar-refractivity contribution in [3.63, 3.8) is 0 Å². The molecule has 1 fully saturated rings. The minimum atomic E-state index is -0.593. The van der Waals surface area contributed by atoms with E-state index in [4.69, 9.17) is 0 Å². The van der Waals surface area contributed by atoms with Crippen LogP contribution in [0.3, 0.4) is 0 Å². The van der Waals surface area contributed by atoms with Crippen LogP contribution in [0.5, 0.6) is 0 Å². The van der Waals surface area contributed by atoms with Gasteiger partial charge in [0.1, 0.15) is 0 Å². The molecule has 0 radical (unpaired) electrons. The third kappa shape index (κ3) is 4.96. The van der Waals surface area contributed by atoms with E-state index in [1.165, 1.54) is 19.3 Å². The van der Waals surface area contributed by atoms with Crippen molar-refractivity contribution < 1.29 is 4.21 Å². The van der Waals surface area contributed by atoms with Gasteiger partial charge in [-0.15, -0.1) is 0 Å². The van der Waals surface area contributed by atoms with Crippen molar-refractivity contribution in [2.75, 3.05) is 18.1 Å². The smallest absolute Gasteiger partial charge is 0.0257 e. The van der Waals surface area contributed by atoms with E-state index in [1.807, 2.05) is 0 Å². The molecule has 0 aromatic carbocycles. The summed E-state index contributed by atoms with van der Waals surface area (Å²) in [5, 5.41) is 3.56. The fourth-order valence-corrected chi connectivity index (χ4v) is 4.13. The average molecular weight is 245 g/mol. The van der Waals surface area contributed by atoms with Crippen molar-refractivity contribution in [2.45, 2.75) is 52.5 Å². The molecule has 1 aliphatic carbocycles. The van der Waals surface area contributed by atoms with Crippen molar-refractivity contribution >= 4 is 10.8 Å². The molecular weight excluding hydrogens is 218 g/mol. The van der Waals surface area contributed by atoms with Gasteiger partial charge in [0.15, 0.2) is 0 Å². The molecule has 1 aliphatic rings. The van der Waals surface area contributed by atoms with Crippen LogP contribution in [-0.4, -0.2) is 28.3 Å². The van der Waals surface area contributed by atoms with Gasteiger partial charge < -0.3 is 5.32 Å². The summed E-state index contributed by atoms with van der Waals surface area (Å²) in [5.41, 5.74) is 0. The second-order valence-corrected chi connectivity index (χ2v) is 6.97. The lowest BCUT2D eigenvalue weighted by molar-refractivity contribution is 0.399. The first-order valence-electron chi connectivity index (χ1n) is 6.71. The molecule has 0 bridgehead atoms. The molecule has 0 saturated heterocycles. The van der Waals surface area contributed by atoms with Crippen LogP contribution < -0.4 is 5.32 Å². The van der Waals surface area contributed by atoms with Crippen LogP contribution in [0.4, 0.5) is 0 Å². The Hall–Kier alpha value is 0.110. The van der Waals surface area contributed by atoms with Gasteiger partial charge in [0.05, 0.1) is 0 Å². The standard InChI is InChI=1S/C13H27NOS/c1-4-14-13-7-5-6-12(13)8-9-16(15)10-11(2)3/h11-14H,4-10H2,1-3H3. The zero-order valence-electron chi connectivity index (χ0n) is 11.0. The number of nitrogens with one attached hydrogen (secondary N) is 1. The summed E-state index contributed by atoms with van der Waals surface area (Å²) in [6, 6.07) is 0.695. The molecule has 16 heavy (non-hydrogen) atoms. The van der Waals surface area contributed by atoms with Crippen molar-refractivity contribution in [3.8, 4) is 0 Å². The van der Waals surface area contributed by atoms with Gasteiger partial charge in [-0.25, -0.2) is 0 Å². The molecule has 3 atom stereocenters. The second kappa shape index (κ2) is 7.44. The molecule has 3 unspecified atom stereocenters. The van der Waals surface area contributed by atoms with Crippen molar-refractivity contribution in [2.24, 2.45) is 11.8 Å². The molecule has 0 heterocycles. The van der Waals surface area contributed by atoms with Gasteiger partial charge in [0.2, 0.25) is 0 Å². The van der Waals surface area contributed by atoms with Gasteiger partial charge in [-0.1, -0.05) is 27.2 Å². The number of rotatable bonds is 7. The first kappa shape index (κ1) is 14.2. The minimum Gasteiger partial charge on any atom is -0.314 e. The summed E-state index contributed by atoms with van der Waals surface area (Å²) in [5.74, 6) is 3.12. The Morgan fingerprint density at radius 3 is 2.75 bits per heavy atom. The van der Waals surface area contributed by atoms with Crippen molar-refractivity contribution in [1.82, 2.24) is 5.32 Å². The van der Waals surface area contributed by atoms with Gasteiger partial charge in [-0.2, -0.15) is 0 Å². The molecule has 0 aliphatic heterocycles. The summed E-state index contributed by atoms with van der Waals surface area (Å²) in [6.45, 7) is 7.53. The highest BCUT2D eigenvalue weighted by Crippen LogP contribution is 2.28. The molecule has 96 valence electrons. The molecule has 3 heteroatoms. The second-order valence-electron chi connectivity index (χ2n) is 5.35. The normalized spacial score (nSPS) is 27.5. The third-order valence-corrected chi connectivity index (χ3v) is 5.09. The summed E-state index contributed by atoms with van der Waals surface area (Å²) < 4.78 is 11.8. The zero-order chi connectivity index (χ0) is 12.0. The summed E-state index contributed by atoms with van der Waals surface area (Å²) in [7, 11) is -0.593. The molecular formula is C13H27NOS. The summed E-state index contributed by atoms with van der Waals surface area (Å²) in [4.78, 5) is 0. The van der Waals surface area contributed by atoms with Gasteiger partial charge in [-0.05, 0) is 37.6 Å². The molecule has 2 nitrogen and oxygen atoms in total. The van der Waals surface area contributed by atoms with Crippen molar-refractivity contribution in [3.05, 3.63) is 0 Å². The first-order chi connectivity index (χ1) is 7.63. The van der Waals surface area contributed by atoms with E-state index in [9.17, 15) is 4.21 Å². The molecule has 0 spiro atoms. The Morgan fingerprint density at radius 1 is 1.38 bits per heavy atom. The lowest BCUT2D eigenvalue weighted by Crippen LogP contribution is -2.32. The van der Waals surface area contributed by atoms with Crippen LogP contribution in [0.1, 0.15) is 46.5 Å². The molecule has 0 amide bonds. The van der Waals surface area contributed by atoms with E-state index < -0.39 is 10.8 Å². The number of hydrogen-bond acceptors (Lipinski definition) is 2. The topological polar surface area (TPSA) is 29.1 Å². The number of hydrogen-bond donors (Lipinski definition) is 1. The predicted molar refractivity (Wildman–Crippen MR) is 72.1 cm³/mol. The maximum absolute atomic E-state index is 11.8. The zero-order valence-corrected chi connectivity index (χ0v) is 11.8. The largest absolute Gasteiger partial charge is 0.314 e. The monoisotopic (exact) mass is 245 g/mol. The van der Waals surface area contributed by atoms with Crippen LogP contribution in [0.15, 0.2) is 0 Å². The van der Waals surface area contributed by atoms with Crippen LogP contribution >= 0.6 is 0 Å². The lowest BCUT2D eigenvalue weighted by Gasteiger charge is -2.20. The van der Waals surface area contributed by atoms with Crippen LogP contribution in [0.25, 0.3) is 0 Å². The first-order valence-corrected chi connectivity index (χ1v) is 8.20. The fourth-order valence-electron chi connectivity index (χ4n) is 2.65. The van der Waals surface area contributed by atoms with Gasteiger partial charge in [0.25, 0.3) is 0 Å². The van der Waals surface area contributed by atoms with Crippen LogP contribution in [0.2, 0.25) is 0 Å². The summed E-state index contributed by atoms with van der Waals surface area (Å²) in [6.07, 6.45) is 5.14. The maximum Gasteiger partial charge on any atom is 0.0257 e. The van der Waals surface area contributed by atoms with Crippen LogP contribution in [0, 0.1) is 11.8 Å². The quantitative estimate of drug-likeness (QED) is 0.747. The van der Waals surface area contributed by atoms with E-state index in [0.29, 0.717) is 12.0 Å². The Kier molecular flexibility index (Phi) is 6.59. The molecule has 0 aromatic rings. The lowest BCUT2D eigenvalue weighted by atomic mass is 10.0. The van der Waals surface area contributed by atoms with E-state index in [1.54, 1.807) is 0 Å². The Bertz CT molecular complexity index is 218. The third-order valence-electron chi connectivity index (χ3n) is 3.36. The maximum atomic E-state index is 11.8.